The largest absolute Gasteiger partial charge is 0.444 e. The molecule has 1 fully saturated rings. The molecule has 1 aliphatic rings. The van der Waals surface area contributed by atoms with Crippen LogP contribution in [0.15, 0.2) is 12.4 Å². The molecule has 0 unspecified atom stereocenters. The van der Waals surface area contributed by atoms with Gasteiger partial charge in [0.05, 0.1) is 11.5 Å². The summed E-state index contributed by atoms with van der Waals surface area (Å²) in [5.41, 5.74) is -0.000107. The minimum atomic E-state index is -0.500. The van der Waals surface area contributed by atoms with Gasteiger partial charge >= 0.3 is 6.09 Å². The van der Waals surface area contributed by atoms with Gasteiger partial charge in [-0.25, -0.2) is 14.8 Å². The summed E-state index contributed by atoms with van der Waals surface area (Å²) in [6, 6.07) is 2.45. The molecule has 2 rings (SSSR count). The van der Waals surface area contributed by atoms with E-state index in [1.807, 2.05) is 27.7 Å². The summed E-state index contributed by atoms with van der Waals surface area (Å²) >= 11 is 0. The molecule has 0 N–H and O–H groups in total. The summed E-state index contributed by atoms with van der Waals surface area (Å²) in [5, 5.41) is 9.64. The molecule has 1 aromatic heterocycles. The van der Waals surface area contributed by atoms with Crippen molar-refractivity contribution in [3.05, 3.63) is 23.8 Å². The van der Waals surface area contributed by atoms with E-state index in [0.29, 0.717) is 32.4 Å². The lowest BCUT2D eigenvalue weighted by Crippen LogP contribution is -2.45. The Balaban J connectivity index is 1.98. The first kappa shape index (κ1) is 17.2. The van der Waals surface area contributed by atoms with Crippen molar-refractivity contribution in [1.29, 1.82) is 5.26 Å². The van der Waals surface area contributed by atoms with Crippen LogP contribution in [0, 0.1) is 23.7 Å². The molecule has 0 saturated carbocycles. The summed E-state index contributed by atoms with van der Waals surface area (Å²) in [7, 11) is 0. The van der Waals surface area contributed by atoms with Gasteiger partial charge in [-0.2, -0.15) is 5.26 Å². The molecule has 1 saturated heterocycles. The van der Waals surface area contributed by atoms with Crippen LogP contribution in [0.25, 0.3) is 0 Å². The van der Waals surface area contributed by atoms with Gasteiger partial charge in [0.1, 0.15) is 11.4 Å². The molecule has 1 aliphatic heterocycles. The quantitative estimate of drug-likeness (QED) is 0.838. The average molecular weight is 316 g/mol. The number of aromatic nitrogens is 2. The Bertz CT molecular complexity index is 591. The SMILES string of the molecule is Cc1ncc(CC2(C#N)CCN(C(=O)OC(C)(C)C)CC2)cn1. The summed E-state index contributed by atoms with van der Waals surface area (Å²) in [4.78, 5) is 22.2. The number of hydrogen-bond acceptors (Lipinski definition) is 5. The molecule has 6 nitrogen and oxygen atoms in total. The Morgan fingerprint density at radius 3 is 2.39 bits per heavy atom. The summed E-state index contributed by atoms with van der Waals surface area (Å²) < 4.78 is 5.39. The van der Waals surface area contributed by atoms with Crippen molar-refractivity contribution in [2.75, 3.05) is 13.1 Å². The van der Waals surface area contributed by atoms with Crippen LogP contribution >= 0.6 is 0 Å². The highest BCUT2D eigenvalue weighted by Crippen LogP contribution is 2.34. The number of piperidine rings is 1. The minimum Gasteiger partial charge on any atom is -0.444 e. The zero-order valence-corrected chi connectivity index (χ0v) is 14.3. The van der Waals surface area contributed by atoms with E-state index < -0.39 is 11.0 Å². The molecule has 1 aromatic rings. The smallest absolute Gasteiger partial charge is 0.410 e. The summed E-state index contributed by atoms with van der Waals surface area (Å²) in [6.07, 6.45) is 5.14. The van der Waals surface area contributed by atoms with E-state index in [0.717, 1.165) is 11.4 Å². The van der Waals surface area contributed by atoms with Gasteiger partial charge in [-0.05, 0) is 52.5 Å². The van der Waals surface area contributed by atoms with Gasteiger partial charge < -0.3 is 9.64 Å². The van der Waals surface area contributed by atoms with Crippen LogP contribution in [-0.2, 0) is 11.2 Å². The van der Waals surface area contributed by atoms with Crippen LogP contribution in [0.5, 0.6) is 0 Å². The van der Waals surface area contributed by atoms with Crippen molar-refractivity contribution < 1.29 is 9.53 Å². The van der Waals surface area contributed by atoms with E-state index in [1.165, 1.54) is 0 Å². The number of carbonyl (C=O) groups excluding carboxylic acids is 1. The number of nitriles is 1. The molecule has 0 radical (unpaired) electrons. The number of nitrogens with zero attached hydrogens (tertiary/aromatic N) is 4. The number of rotatable bonds is 2. The number of likely N-dealkylation sites (tertiary alicyclic amines) is 1. The van der Waals surface area contributed by atoms with Gasteiger partial charge in [-0.1, -0.05) is 0 Å². The molecule has 1 amide bonds. The highest BCUT2D eigenvalue weighted by molar-refractivity contribution is 5.68. The van der Waals surface area contributed by atoms with Crippen molar-refractivity contribution in [3.63, 3.8) is 0 Å². The second-order valence-corrected chi connectivity index (χ2v) is 7.17. The highest BCUT2D eigenvalue weighted by Gasteiger charge is 2.37. The molecule has 124 valence electrons. The van der Waals surface area contributed by atoms with E-state index in [1.54, 1.807) is 17.3 Å². The van der Waals surface area contributed by atoms with Crippen molar-refractivity contribution in [3.8, 4) is 6.07 Å². The van der Waals surface area contributed by atoms with Crippen LogP contribution in [0.3, 0.4) is 0 Å². The van der Waals surface area contributed by atoms with Gasteiger partial charge in [-0.3, -0.25) is 0 Å². The maximum atomic E-state index is 12.1. The molecular formula is C17H24N4O2. The van der Waals surface area contributed by atoms with Crippen molar-refractivity contribution >= 4 is 6.09 Å². The molecule has 0 spiro atoms. The minimum absolute atomic E-state index is 0.303. The molecule has 0 aliphatic carbocycles. The Hall–Kier alpha value is -2.16. The van der Waals surface area contributed by atoms with Gasteiger partial charge in [0.15, 0.2) is 0 Å². The fourth-order valence-corrected chi connectivity index (χ4v) is 2.67. The Morgan fingerprint density at radius 2 is 1.91 bits per heavy atom. The Labute approximate surface area is 137 Å². The van der Waals surface area contributed by atoms with Crippen LogP contribution in [0.2, 0.25) is 0 Å². The van der Waals surface area contributed by atoms with E-state index in [2.05, 4.69) is 16.0 Å². The second kappa shape index (κ2) is 6.53. The van der Waals surface area contributed by atoms with Crippen LogP contribution in [0.4, 0.5) is 4.79 Å². The van der Waals surface area contributed by atoms with Gasteiger partial charge in [0.25, 0.3) is 0 Å². The van der Waals surface area contributed by atoms with Crippen molar-refractivity contribution in [1.82, 2.24) is 14.9 Å². The van der Waals surface area contributed by atoms with E-state index in [9.17, 15) is 10.1 Å². The lowest BCUT2D eigenvalue weighted by Gasteiger charge is -2.37. The number of hydrogen-bond donors (Lipinski definition) is 0. The number of aryl methyl sites for hydroxylation is 1. The topological polar surface area (TPSA) is 79.1 Å². The number of carbonyl (C=O) groups is 1. The number of ether oxygens (including phenoxy) is 1. The Morgan fingerprint density at radius 1 is 1.35 bits per heavy atom. The maximum absolute atomic E-state index is 12.1. The monoisotopic (exact) mass is 316 g/mol. The normalized spacial score (nSPS) is 17.4. The second-order valence-electron chi connectivity index (χ2n) is 7.17. The average Bonchev–Trinajstić information content (AvgIpc) is 2.48. The predicted molar refractivity (Wildman–Crippen MR) is 85.6 cm³/mol. The van der Waals surface area contributed by atoms with E-state index >= 15 is 0 Å². The van der Waals surface area contributed by atoms with E-state index in [4.69, 9.17) is 4.74 Å². The number of amides is 1. The zero-order chi connectivity index (χ0) is 17.1. The third-order valence-corrected chi connectivity index (χ3v) is 3.99. The molecule has 23 heavy (non-hydrogen) atoms. The first-order valence-electron chi connectivity index (χ1n) is 7.90. The van der Waals surface area contributed by atoms with Crippen LogP contribution < -0.4 is 0 Å². The molecular weight excluding hydrogens is 292 g/mol. The van der Waals surface area contributed by atoms with Crippen LogP contribution in [0.1, 0.15) is 45.0 Å². The van der Waals surface area contributed by atoms with E-state index in [-0.39, 0.29) is 6.09 Å². The van der Waals surface area contributed by atoms with Crippen molar-refractivity contribution in [2.45, 2.75) is 52.6 Å². The zero-order valence-electron chi connectivity index (χ0n) is 14.3. The molecule has 0 atom stereocenters. The molecule has 0 bridgehead atoms. The fraction of sp³-hybridized carbons (Fsp3) is 0.647. The summed E-state index contributed by atoms with van der Waals surface area (Å²) in [5.74, 6) is 0.722. The lowest BCUT2D eigenvalue weighted by molar-refractivity contribution is 0.0148. The first-order chi connectivity index (χ1) is 10.7. The van der Waals surface area contributed by atoms with Crippen LogP contribution in [-0.4, -0.2) is 39.7 Å². The molecule has 6 heteroatoms. The standard InChI is InChI=1S/C17H24N4O2/c1-13-19-10-14(11-20-13)9-17(12-18)5-7-21(8-6-17)15(22)23-16(2,3)4/h10-11H,5-9H2,1-4H3. The van der Waals surface area contributed by atoms with Crippen molar-refractivity contribution in [2.24, 2.45) is 5.41 Å². The summed E-state index contributed by atoms with van der Waals surface area (Å²) in [6.45, 7) is 8.47. The highest BCUT2D eigenvalue weighted by atomic mass is 16.6. The predicted octanol–water partition coefficient (Wildman–Crippen LogP) is 2.87. The Kier molecular flexibility index (Phi) is 4.88. The molecule has 0 aromatic carbocycles. The third-order valence-electron chi connectivity index (χ3n) is 3.99. The van der Waals surface area contributed by atoms with Gasteiger partial charge in [0, 0.05) is 25.5 Å². The van der Waals surface area contributed by atoms with Gasteiger partial charge in [0.2, 0.25) is 0 Å². The lowest BCUT2D eigenvalue weighted by atomic mass is 9.75. The maximum Gasteiger partial charge on any atom is 0.410 e. The first-order valence-corrected chi connectivity index (χ1v) is 7.90. The fourth-order valence-electron chi connectivity index (χ4n) is 2.67. The van der Waals surface area contributed by atoms with Gasteiger partial charge in [-0.15, -0.1) is 0 Å². The molecule has 2 heterocycles. The third kappa shape index (κ3) is 4.65.